The zero-order valence-corrected chi connectivity index (χ0v) is 15.0. The zero-order valence-electron chi connectivity index (χ0n) is 13.4. The van der Waals surface area contributed by atoms with Crippen molar-refractivity contribution < 1.29 is 9.53 Å². The molecule has 0 saturated carbocycles. The number of nitrogens with one attached hydrogen (secondary N) is 3. The Labute approximate surface area is 149 Å². The van der Waals surface area contributed by atoms with Gasteiger partial charge in [0.2, 0.25) is 5.91 Å². The molecule has 1 heterocycles. The number of carbonyl (C=O) groups is 1. The molecular formula is C18H20BrN3O2. The lowest BCUT2D eigenvalue weighted by atomic mass is 9.94. The van der Waals surface area contributed by atoms with Crippen molar-refractivity contribution in [2.75, 3.05) is 13.7 Å². The summed E-state index contributed by atoms with van der Waals surface area (Å²) in [5.74, 6) is 0.638. The van der Waals surface area contributed by atoms with Gasteiger partial charge in [0.1, 0.15) is 5.75 Å². The molecule has 0 spiro atoms. The largest absolute Gasteiger partial charge is 0.497 e. The van der Waals surface area contributed by atoms with E-state index >= 15 is 0 Å². The Morgan fingerprint density at radius 3 is 2.92 bits per heavy atom. The Kier molecular flexibility index (Phi) is 5.50. The highest BCUT2D eigenvalue weighted by atomic mass is 79.9. The first-order chi connectivity index (χ1) is 11.7. The highest BCUT2D eigenvalue weighted by Crippen LogP contribution is 2.27. The van der Waals surface area contributed by atoms with Gasteiger partial charge >= 0.3 is 0 Å². The predicted molar refractivity (Wildman–Crippen MR) is 96.4 cm³/mol. The first-order valence-corrected chi connectivity index (χ1v) is 8.61. The summed E-state index contributed by atoms with van der Waals surface area (Å²) in [6.45, 7) is 1.10. The van der Waals surface area contributed by atoms with Crippen LogP contribution < -0.4 is 20.9 Å². The van der Waals surface area contributed by atoms with Gasteiger partial charge in [0.15, 0.2) is 0 Å². The molecule has 1 aliphatic rings. The molecule has 0 aliphatic carbocycles. The molecule has 24 heavy (non-hydrogen) atoms. The summed E-state index contributed by atoms with van der Waals surface area (Å²) >= 11 is 3.44. The fourth-order valence-corrected chi connectivity index (χ4v) is 3.31. The van der Waals surface area contributed by atoms with Gasteiger partial charge in [-0.05, 0) is 35.4 Å². The van der Waals surface area contributed by atoms with Gasteiger partial charge < -0.3 is 10.1 Å². The molecule has 3 N–H and O–H groups in total. The number of amides is 1. The molecule has 1 saturated heterocycles. The van der Waals surface area contributed by atoms with E-state index in [2.05, 4.69) is 32.1 Å². The van der Waals surface area contributed by atoms with Crippen LogP contribution in [0.5, 0.6) is 5.75 Å². The molecule has 126 valence electrons. The van der Waals surface area contributed by atoms with Gasteiger partial charge in [0.05, 0.1) is 19.1 Å². The van der Waals surface area contributed by atoms with Crippen LogP contribution in [-0.4, -0.2) is 19.6 Å². The van der Waals surface area contributed by atoms with Crippen molar-refractivity contribution in [2.24, 2.45) is 5.92 Å². The fraction of sp³-hybridized carbons (Fsp3) is 0.278. The smallest absolute Gasteiger partial charge is 0.226 e. The zero-order chi connectivity index (χ0) is 16.9. The van der Waals surface area contributed by atoms with Gasteiger partial charge in [-0.2, -0.15) is 0 Å². The third kappa shape index (κ3) is 3.95. The molecule has 0 aromatic heterocycles. The second-order valence-corrected chi connectivity index (χ2v) is 6.65. The lowest BCUT2D eigenvalue weighted by molar-refractivity contribution is -0.125. The second-order valence-electron chi connectivity index (χ2n) is 5.73. The summed E-state index contributed by atoms with van der Waals surface area (Å²) in [5, 5.41) is 3.03. The summed E-state index contributed by atoms with van der Waals surface area (Å²) in [4.78, 5) is 12.6. The normalized spacial score (nSPS) is 19.9. The standard InChI is InChI=1S/C18H20BrN3O2/c1-24-15-7-3-5-13(9-15)17-16(11-21-22-17)18(23)20-10-12-4-2-6-14(19)8-12/h2-9,16-17,21-22H,10-11H2,1H3,(H,20,23). The fourth-order valence-electron chi connectivity index (χ4n) is 2.86. The Morgan fingerprint density at radius 1 is 1.29 bits per heavy atom. The number of hydrogen-bond donors (Lipinski definition) is 3. The van der Waals surface area contributed by atoms with Crippen LogP contribution >= 0.6 is 15.9 Å². The van der Waals surface area contributed by atoms with Gasteiger partial charge in [0, 0.05) is 17.6 Å². The molecule has 2 unspecified atom stereocenters. The SMILES string of the molecule is COc1cccc(C2NNCC2C(=O)NCc2cccc(Br)c2)c1. The van der Waals surface area contributed by atoms with Crippen molar-refractivity contribution in [3.63, 3.8) is 0 Å². The van der Waals surface area contributed by atoms with Crippen molar-refractivity contribution in [1.29, 1.82) is 0 Å². The van der Waals surface area contributed by atoms with Crippen LogP contribution in [-0.2, 0) is 11.3 Å². The number of ether oxygens (including phenoxy) is 1. The van der Waals surface area contributed by atoms with Crippen LogP contribution in [0.3, 0.4) is 0 Å². The maximum absolute atomic E-state index is 12.6. The molecule has 2 aromatic rings. The van der Waals surface area contributed by atoms with Crippen molar-refractivity contribution in [3.8, 4) is 5.75 Å². The van der Waals surface area contributed by atoms with E-state index in [-0.39, 0.29) is 17.9 Å². The number of halogens is 1. The third-order valence-corrected chi connectivity index (χ3v) is 4.62. The molecule has 5 nitrogen and oxygen atoms in total. The monoisotopic (exact) mass is 389 g/mol. The van der Waals surface area contributed by atoms with E-state index in [4.69, 9.17) is 4.74 Å². The lowest BCUT2D eigenvalue weighted by Crippen LogP contribution is -2.34. The lowest BCUT2D eigenvalue weighted by Gasteiger charge is -2.19. The maximum Gasteiger partial charge on any atom is 0.226 e. The predicted octanol–water partition coefficient (Wildman–Crippen LogP) is 2.54. The minimum Gasteiger partial charge on any atom is -0.497 e. The number of carbonyl (C=O) groups excluding carboxylic acids is 1. The molecule has 1 aliphatic heterocycles. The van der Waals surface area contributed by atoms with Crippen LogP contribution in [0.25, 0.3) is 0 Å². The van der Waals surface area contributed by atoms with Crippen molar-refractivity contribution in [3.05, 3.63) is 64.1 Å². The van der Waals surface area contributed by atoms with Gasteiger partial charge in [-0.3, -0.25) is 10.2 Å². The number of benzene rings is 2. The topological polar surface area (TPSA) is 62.4 Å². The summed E-state index contributed by atoms with van der Waals surface area (Å²) in [6, 6.07) is 15.6. The Balaban J connectivity index is 1.67. The minimum atomic E-state index is -0.177. The van der Waals surface area contributed by atoms with E-state index in [1.54, 1.807) is 7.11 Å². The van der Waals surface area contributed by atoms with Crippen LogP contribution in [0, 0.1) is 5.92 Å². The molecule has 6 heteroatoms. The molecule has 1 amide bonds. The molecule has 0 bridgehead atoms. The number of methoxy groups -OCH3 is 1. The van der Waals surface area contributed by atoms with Crippen LogP contribution in [0.15, 0.2) is 53.0 Å². The number of hydrazine groups is 1. The quantitative estimate of drug-likeness (QED) is 0.735. The molecule has 0 radical (unpaired) electrons. The maximum atomic E-state index is 12.6. The first kappa shape index (κ1) is 17.0. The Hall–Kier alpha value is -1.89. The number of rotatable bonds is 5. The Morgan fingerprint density at radius 2 is 2.12 bits per heavy atom. The minimum absolute atomic E-state index is 0.0281. The molecule has 2 atom stereocenters. The van der Waals surface area contributed by atoms with Gasteiger partial charge in [-0.1, -0.05) is 40.2 Å². The summed E-state index contributed by atoms with van der Waals surface area (Å²) in [7, 11) is 1.64. The summed E-state index contributed by atoms with van der Waals surface area (Å²) in [6.07, 6.45) is 0. The number of hydrogen-bond acceptors (Lipinski definition) is 4. The van der Waals surface area contributed by atoms with Crippen molar-refractivity contribution in [2.45, 2.75) is 12.6 Å². The molecule has 2 aromatic carbocycles. The summed E-state index contributed by atoms with van der Waals surface area (Å²) < 4.78 is 6.28. The molecule has 1 fully saturated rings. The highest BCUT2D eigenvalue weighted by Gasteiger charge is 2.33. The van der Waals surface area contributed by atoms with Gasteiger partial charge in [-0.25, -0.2) is 5.43 Å². The summed E-state index contributed by atoms with van der Waals surface area (Å²) in [5.41, 5.74) is 8.37. The average molecular weight is 390 g/mol. The molecule has 3 rings (SSSR count). The van der Waals surface area contributed by atoms with E-state index in [0.717, 1.165) is 21.3 Å². The van der Waals surface area contributed by atoms with E-state index in [1.807, 2.05) is 48.5 Å². The van der Waals surface area contributed by atoms with Crippen LogP contribution in [0.2, 0.25) is 0 Å². The third-order valence-electron chi connectivity index (χ3n) is 4.13. The van der Waals surface area contributed by atoms with E-state index < -0.39 is 0 Å². The van der Waals surface area contributed by atoms with Crippen molar-refractivity contribution >= 4 is 21.8 Å². The Bertz CT molecular complexity index is 723. The van der Waals surface area contributed by atoms with E-state index in [1.165, 1.54) is 0 Å². The van der Waals surface area contributed by atoms with Crippen molar-refractivity contribution in [1.82, 2.24) is 16.2 Å². The molecular weight excluding hydrogens is 370 g/mol. The van der Waals surface area contributed by atoms with Crippen LogP contribution in [0.4, 0.5) is 0 Å². The average Bonchev–Trinajstić information content (AvgIpc) is 3.09. The van der Waals surface area contributed by atoms with E-state index in [9.17, 15) is 4.79 Å². The van der Waals surface area contributed by atoms with Crippen LogP contribution in [0.1, 0.15) is 17.2 Å². The second kappa shape index (κ2) is 7.79. The van der Waals surface area contributed by atoms with Gasteiger partial charge in [-0.15, -0.1) is 0 Å². The first-order valence-electron chi connectivity index (χ1n) is 7.82. The van der Waals surface area contributed by atoms with Gasteiger partial charge in [0.25, 0.3) is 0 Å². The highest BCUT2D eigenvalue weighted by molar-refractivity contribution is 9.10. The van der Waals surface area contributed by atoms with E-state index in [0.29, 0.717) is 13.1 Å².